The van der Waals surface area contributed by atoms with Crippen LogP contribution in [0.4, 0.5) is 11.5 Å². The van der Waals surface area contributed by atoms with Gasteiger partial charge in [0, 0.05) is 44.3 Å². The van der Waals surface area contributed by atoms with E-state index in [1.54, 1.807) is 29.4 Å². The summed E-state index contributed by atoms with van der Waals surface area (Å²) in [6.45, 7) is 4.74. The Morgan fingerprint density at radius 3 is 2.53 bits per heavy atom. The van der Waals surface area contributed by atoms with E-state index >= 15 is 0 Å². The monoisotopic (exact) mass is 427 g/mol. The Hall–Kier alpha value is -3.74. The minimum absolute atomic E-state index is 0.0413. The molecular weight excluding hydrogens is 402 g/mol. The first-order valence-corrected chi connectivity index (χ1v) is 10.9. The molecule has 162 valence electrons. The zero-order valence-electron chi connectivity index (χ0n) is 18.0. The van der Waals surface area contributed by atoms with E-state index in [4.69, 9.17) is 0 Å². The SMILES string of the molecule is Cc1cccc(N2C(=O)c3cccnc3[C@@H]2CC(=O)N2CCN(c3ccccn3)CC2)c1. The van der Waals surface area contributed by atoms with Crippen LogP contribution in [0.3, 0.4) is 0 Å². The summed E-state index contributed by atoms with van der Waals surface area (Å²) in [5, 5.41) is 0. The third kappa shape index (κ3) is 3.70. The van der Waals surface area contributed by atoms with Crippen molar-refractivity contribution in [2.45, 2.75) is 19.4 Å². The van der Waals surface area contributed by atoms with E-state index in [-0.39, 0.29) is 18.2 Å². The van der Waals surface area contributed by atoms with E-state index < -0.39 is 6.04 Å². The number of hydrogen-bond donors (Lipinski definition) is 0. The van der Waals surface area contributed by atoms with Crippen LogP contribution in [0.25, 0.3) is 0 Å². The molecule has 0 saturated carbocycles. The molecule has 5 rings (SSSR count). The lowest BCUT2D eigenvalue weighted by molar-refractivity contribution is -0.131. The number of pyridine rings is 2. The molecule has 2 aliphatic rings. The van der Waals surface area contributed by atoms with E-state index in [1.165, 1.54) is 0 Å². The molecule has 1 fully saturated rings. The molecule has 2 amide bonds. The lowest BCUT2D eigenvalue weighted by Crippen LogP contribution is -2.49. The molecule has 2 aliphatic heterocycles. The van der Waals surface area contributed by atoms with Crippen molar-refractivity contribution in [3.8, 4) is 0 Å². The van der Waals surface area contributed by atoms with Gasteiger partial charge in [-0.05, 0) is 48.9 Å². The van der Waals surface area contributed by atoms with Crippen molar-refractivity contribution in [3.63, 3.8) is 0 Å². The molecule has 3 aromatic rings. The third-order valence-corrected chi connectivity index (χ3v) is 6.17. The molecule has 1 aromatic carbocycles. The predicted molar refractivity (Wildman–Crippen MR) is 123 cm³/mol. The van der Waals surface area contributed by atoms with E-state index in [1.807, 2.05) is 54.3 Å². The van der Waals surface area contributed by atoms with Crippen LogP contribution in [-0.4, -0.2) is 52.9 Å². The van der Waals surface area contributed by atoms with Gasteiger partial charge in [0.2, 0.25) is 5.91 Å². The Balaban J connectivity index is 1.34. The molecule has 7 nitrogen and oxygen atoms in total. The number of nitrogens with zero attached hydrogens (tertiary/aromatic N) is 5. The quantitative estimate of drug-likeness (QED) is 0.639. The highest BCUT2D eigenvalue weighted by Gasteiger charge is 2.40. The van der Waals surface area contributed by atoms with Gasteiger partial charge in [-0.3, -0.25) is 19.5 Å². The smallest absolute Gasteiger partial charge is 0.260 e. The number of carbonyl (C=O) groups is 2. The van der Waals surface area contributed by atoms with E-state index in [2.05, 4.69) is 14.9 Å². The van der Waals surface area contributed by atoms with Gasteiger partial charge in [-0.25, -0.2) is 4.98 Å². The average Bonchev–Trinajstić information content (AvgIpc) is 3.11. The summed E-state index contributed by atoms with van der Waals surface area (Å²) < 4.78 is 0. The molecule has 2 aromatic heterocycles. The molecule has 7 heteroatoms. The van der Waals surface area contributed by atoms with Crippen molar-refractivity contribution in [2.75, 3.05) is 36.0 Å². The number of piperazine rings is 1. The average molecular weight is 428 g/mol. The number of rotatable bonds is 4. The van der Waals surface area contributed by atoms with Gasteiger partial charge in [-0.2, -0.15) is 0 Å². The fourth-order valence-corrected chi connectivity index (χ4v) is 4.54. The number of anilines is 2. The number of hydrogen-bond acceptors (Lipinski definition) is 5. The lowest BCUT2D eigenvalue weighted by Gasteiger charge is -2.36. The predicted octanol–water partition coefficient (Wildman–Crippen LogP) is 3.23. The summed E-state index contributed by atoms with van der Waals surface area (Å²) in [7, 11) is 0. The third-order valence-electron chi connectivity index (χ3n) is 6.17. The van der Waals surface area contributed by atoms with Gasteiger partial charge >= 0.3 is 0 Å². The van der Waals surface area contributed by atoms with Crippen LogP contribution < -0.4 is 9.80 Å². The fourth-order valence-electron chi connectivity index (χ4n) is 4.54. The summed E-state index contributed by atoms with van der Waals surface area (Å²) in [4.78, 5) is 41.2. The summed E-state index contributed by atoms with van der Waals surface area (Å²) in [6.07, 6.45) is 3.69. The van der Waals surface area contributed by atoms with Crippen LogP contribution >= 0.6 is 0 Å². The molecule has 0 bridgehead atoms. The molecular formula is C25H25N5O2. The maximum absolute atomic E-state index is 13.3. The molecule has 0 unspecified atom stereocenters. The van der Waals surface area contributed by atoms with Crippen molar-refractivity contribution in [1.29, 1.82) is 0 Å². The molecule has 4 heterocycles. The van der Waals surface area contributed by atoms with E-state index in [9.17, 15) is 9.59 Å². The van der Waals surface area contributed by atoms with Crippen LogP contribution in [0.2, 0.25) is 0 Å². The summed E-state index contributed by atoms with van der Waals surface area (Å²) >= 11 is 0. The first-order chi connectivity index (χ1) is 15.6. The highest BCUT2D eigenvalue weighted by molar-refractivity contribution is 6.11. The van der Waals surface area contributed by atoms with Crippen LogP contribution in [0, 0.1) is 6.92 Å². The lowest BCUT2D eigenvalue weighted by atomic mass is 10.1. The Kier molecular flexibility index (Phi) is 5.31. The second-order valence-electron chi connectivity index (χ2n) is 8.23. The Labute approximate surface area is 187 Å². The van der Waals surface area contributed by atoms with Crippen molar-refractivity contribution in [2.24, 2.45) is 0 Å². The van der Waals surface area contributed by atoms with Gasteiger partial charge in [0.25, 0.3) is 5.91 Å². The van der Waals surface area contributed by atoms with Crippen molar-refractivity contribution in [1.82, 2.24) is 14.9 Å². The number of benzene rings is 1. The first kappa shape index (κ1) is 20.2. The van der Waals surface area contributed by atoms with Crippen molar-refractivity contribution >= 4 is 23.3 Å². The highest BCUT2D eigenvalue weighted by Crippen LogP contribution is 2.38. The molecule has 0 spiro atoms. The van der Waals surface area contributed by atoms with Crippen LogP contribution in [0.15, 0.2) is 67.0 Å². The Morgan fingerprint density at radius 2 is 1.78 bits per heavy atom. The molecule has 0 N–H and O–H groups in total. The van der Waals surface area contributed by atoms with E-state index in [0.29, 0.717) is 24.3 Å². The van der Waals surface area contributed by atoms with Gasteiger partial charge < -0.3 is 9.80 Å². The first-order valence-electron chi connectivity index (χ1n) is 10.9. The van der Waals surface area contributed by atoms with Gasteiger partial charge in [0.05, 0.1) is 23.7 Å². The minimum atomic E-state index is -0.401. The maximum atomic E-state index is 13.3. The standard InChI is InChI=1S/C25H25N5O2/c1-18-6-4-7-19(16-18)30-21(24-20(25(30)32)8-5-11-27-24)17-23(31)29-14-12-28(13-15-29)22-9-2-3-10-26-22/h2-11,16,21H,12-15,17H2,1H3/t21-/m0/s1. The number of carbonyl (C=O) groups excluding carboxylic acids is 2. The van der Waals surface area contributed by atoms with Crippen molar-refractivity contribution < 1.29 is 9.59 Å². The molecule has 0 radical (unpaired) electrons. The minimum Gasteiger partial charge on any atom is -0.353 e. The fraction of sp³-hybridized carbons (Fsp3) is 0.280. The number of fused-ring (bicyclic) bond motifs is 1. The van der Waals surface area contributed by atoms with Gasteiger partial charge in [0.1, 0.15) is 5.82 Å². The second-order valence-corrected chi connectivity index (χ2v) is 8.23. The summed E-state index contributed by atoms with van der Waals surface area (Å²) in [5.74, 6) is 0.876. The van der Waals surface area contributed by atoms with Gasteiger partial charge in [-0.15, -0.1) is 0 Å². The van der Waals surface area contributed by atoms with Crippen LogP contribution in [0.5, 0.6) is 0 Å². The summed E-state index contributed by atoms with van der Waals surface area (Å²) in [6, 6.07) is 16.9. The zero-order valence-corrected chi connectivity index (χ0v) is 18.0. The van der Waals surface area contributed by atoms with Gasteiger partial charge in [0.15, 0.2) is 0 Å². The normalized spacial score (nSPS) is 18.1. The largest absolute Gasteiger partial charge is 0.353 e. The molecule has 32 heavy (non-hydrogen) atoms. The Bertz CT molecular complexity index is 1140. The van der Waals surface area contributed by atoms with Crippen LogP contribution in [0.1, 0.15) is 34.1 Å². The zero-order chi connectivity index (χ0) is 22.1. The molecule has 0 aliphatic carbocycles. The number of aryl methyl sites for hydroxylation is 1. The second kappa shape index (κ2) is 8.42. The van der Waals surface area contributed by atoms with E-state index in [0.717, 1.165) is 30.2 Å². The molecule has 1 atom stereocenters. The van der Waals surface area contributed by atoms with Gasteiger partial charge in [-0.1, -0.05) is 18.2 Å². The number of aromatic nitrogens is 2. The highest BCUT2D eigenvalue weighted by atomic mass is 16.2. The Morgan fingerprint density at radius 1 is 0.969 bits per heavy atom. The molecule has 1 saturated heterocycles. The van der Waals surface area contributed by atoms with Crippen LogP contribution in [-0.2, 0) is 4.79 Å². The maximum Gasteiger partial charge on any atom is 0.260 e. The topological polar surface area (TPSA) is 69.6 Å². The van der Waals surface area contributed by atoms with Crippen molar-refractivity contribution in [3.05, 3.63) is 83.8 Å². The summed E-state index contributed by atoms with van der Waals surface area (Å²) in [5.41, 5.74) is 3.12. The number of amides is 2.